The maximum Gasteiger partial charge on any atom is 0.254 e. The van der Waals surface area contributed by atoms with Gasteiger partial charge in [-0.25, -0.2) is 9.37 Å². The SMILES string of the molecule is CCC(C)Nc1cc(C(=O)N2CCN(c3ccc(F)cc3)CC2)ccn1. The highest BCUT2D eigenvalue weighted by atomic mass is 19.1. The summed E-state index contributed by atoms with van der Waals surface area (Å²) in [6.45, 7) is 6.96. The Hall–Kier alpha value is -2.63. The van der Waals surface area contributed by atoms with E-state index in [0.29, 0.717) is 24.7 Å². The van der Waals surface area contributed by atoms with Crippen molar-refractivity contribution in [2.24, 2.45) is 0 Å². The summed E-state index contributed by atoms with van der Waals surface area (Å²) in [5.41, 5.74) is 1.64. The zero-order valence-electron chi connectivity index (χ0n) is 15.3. The molecular formula is C20H25FN4O. The lowest BCUT2D eigenvalue weighted by atomic mass is 10.2. The minimum absolute atomic E-state index is 0.0263. The fraction of sp³-hybridized carbons (Fsp3) is 0.400. The number of carbonyl (C=O) groups is 1. The van der Waals surface area contributed by atoms with E-state index in [2.05, 4.69) is 29.0 Å². The van der Waals surface area contributed by atoms with Crippen LogP contribution in [0.1, 0.15) is 30.6 Å². The molecule has 0 radical (unpaired) electrons. The van der Waals surface area contributed by atoms with Gasteiger partial charge in [-0.1, -0.05) is 6.92 Å². The molecule has 1 saturated heterocycles. The van der Waals surface area contributed by atoms with Crippen LogP contribution >= 0.6 is 0 Å². The van der Waals surface area contributed by atoms with Gasteiger partial charge in [0.2, 0.25) is 0 Å². The molecule has 5 nitrogen and oxygen atoms in total. The van der Waals surface area contributed by atoms with Crippen LogP contribution < -0.4 is 10.2 Å². The first-order chi connectivity index (χ1) is 12.6. The Balaban J connectivity index is 1.61. The largest absolute Gasteiger partial charge is 0.368 e. The molecule has 6 heteroatoms. The van der Waals surface area contributed by atoms with Crippen molar-refractivity contribution in [3.63, 3.8) is 0 Å². The van der Waals surface area contributed by atoms with E-state index >= 15 is 0 Å². The van der Waals surface area contributed by atoms with Crippen molar-refractivity contribution in [2.75, 3.05) is 36.4 Å². The number of aromatic nitrogens is 1. The molecule has 1 fully saturated rings. The molecule has 2 heterocycles. The number of rotatable bonds is 5. The zero-order valence-corrected chi connectivity index (χ0v) is 15.3. The Labute approximate surface area is 153 Å². The fourth-order valence-electron chi connectivity index (χ4n) is 3.00. The van der Waals surface area contributed by atoms with E-state index < -0.39 is 0 Å². The Bertz CT molecular complexity index is 742. The smallest absolute Gasteiger partial charge is 0.254 e. The van der Waals surface area contributed by atoms with Crippen molar-refractivity contribution in [3.8, 4) is 0 Å². The van der Waals surface area contributed by atoms with Gasteiger partial charge < -0.3 is 15.1 Å². The van der Waals surface area contributed by atoms with E-state index in [0.717, 1.165) is 31.0 Å². The summed E-state index contributed by atoms with van der Waals surface area (Å²) in [6.07, 6.45) is 2.66. The third-order valence-electron chi connectivity index (χ3n) is 4.77. The number of carbonyl (C=O) groups excluding carboxylic acids is 1. The molecule has 0 saturated carbocycles. The van der Waals surface area contributed by atoms with Gasteiger partial charge in [0, 0.05) is 49.7 Å². The van der Waals surface area contributed by atoms with E-state index in [1.165, 1.54) is 12.1 Å². The third kappa shape index (κ3) is 4.31. The van der Waals surface area contributed by atoms with Crippen LogP contribution in [-0.2, 0) is 0 Å². The summed E-state index contributed by atoms with van der Waals surface area (Å²) in [7, 11) is 0. The first kappa shape index (κ1) is 18.2. The highest BCUT2D eigenvalue weighted by molar-refractivity contribution is 5.95. The maximum atomic E-state index is 13.1. The number of amides is 1. The number of pyridine rings is 1. The lowest BCUT2D eigenvalue weighted by Crippen LogP contribution is -2.48. The zero-order chi connectivity index (χ0) is 18.5. The van der Waals surface area contributed by atoms with Gasteiger partial charge >= 0.3 is 0 Å². The van der Waals surface area contributed by atoms with Crippen LogP contribution in [0.25, 0.3) is 0 Å². The van der Waals surface area contributed by atoms with E-state index in [9.17, 15) is 9.18 Å². The minimum atomic E-state index is -0.234. The second-order valence-corrected chi connectivity index (χ2v) is 6.64. The van der Waals surface area contributed by atoms with Gasteiger partial charge in [-0.15, -0.1) is 0 Å². The first-order valence-corrected chi connectivity index (χ1v) is 9.09. The Kier molecular flexibility index (Phi) is 5.71. The number of piperazine rings is 1. The molecule has 1 aromatic carbocycles. The molecule has 1 amide bonds. The van der Waals surface area contributed by atoms with E-state index in [-0.39, 0.29) is 11.7 Å². The van der Waals surface area contributed by atoms with Gasteiger partial charge in [0.1, 0.15) is 11.6 Å². The molecule has 138 valence electrons. The molecule has 1 aliphatic heterocycles. The molecule has 0 spiro atoms. The van der Waals surface area contributed by atoms with Crippen molar-refractivity contribution in [1.82, 2.24) is 9.88 Å². The maximum absolute atomic E-state index is 13.1. The molecule has 1 unspecified atom stereocenters. The Morgan fingerprint density at radius 3 is 2.54 bits per heavy atom. The van der Waals surface area contributed by atoms with E-state index in [1.54, 1.807) is 24.4 Å². The summed E-state index contributed by atoms with van der Waals surface area (Å²) in [4.78, 5) is 21.1. The average molecular weight is 356 g/mol. The molecule has 26 heavy (non-hydrogen) atoms. The average Bonchev–Trinajstić information content (AvgIpc) is 2.68. The van der Waals surface area contributed by atoms with Crippen LogP contribution in [0.2, 0.25) is 0 Å². The summed E-state index contributed by atoms with van der Waals surface area (Å²) in [5.74, 6) is 0.524. The highest BCUT2D eigenvalue weighted by Gasteiger charge is 2.22. The normalized spacial score (nSPS) is 15.7. The van der Waals surface area contributed by atoms with Crippen molar-refractivity contribution >= 4 is 17.4 Å². The van der Waals surface area contributed by atoms with Crippen LogP contribution in [-0.4, -0.2) is 48.0 Å². The second-order valence-electron chi connectivity index (χ2n) is 6.64. The fourth-order valence-corrected chi connectivity index (χ4v) is 3.00. The van der Waals surface area contributed by atoms with Gasteiger partial charge in [-0.2, -0.15) is 0 Å². The Morgan fingerprint density at radius 1 is 1.19 bits per heavy atom. The number of nitrogens with zero attached hydrogens (tertiary/aromatic N) is 3. The number of halogens is 1. The monoisotopic (exact) mass is 356 g/mol. The lowest BCUT2D eigenvalue weighted by molar-refractivity contribution is 0.0746. The lowest BCUT2D eigenvalue weighted by Gasteiger charge is -2.36. The molecule has 0 aliphatic carbocycles. The van der Waals surface area contributed by atoms with E-state index in [4.69, 9.17) is 0 Å². The summed E-state index contributed by atoms with van der Waals surface area (Å²) >= 11 is 0. The van der Waals surface area contributed by atoms with Gasteiger partial charge in [0.05, 0.1) is 0 Å². The topological polar surface area (TPSA) is 48.5 Å². The van der Waals surface area contributed by atoms with Gasteiger partial charge in [0.15, 0.2) is 0 Å². The van der Waals surface area contributed by atoms with Gasteiger partial charge in [-0.05, 0) is 49.7 Å². The van der Waals surface area contributed by atoms with Crippen molar-refractivity contribution in [2.45, 2.75) is 26.3 Å². The quantitative estimate of drug-likeness (QED) is 0.892. The molecule has 1 atom stereocenters. The molecular weight excluding hydrogens is 331 g/mol. The molecule has 1 aliphatic rings. The van der Waals surface area contributed by atoms with Gasteiger partial charge in [0.25, 0.3) is 5.91 Å². The molecule has 1 aromatic heterocycles. The van der Waals surface area contributed by atoms with Crippen LogP contribution in [0.15, 0.2) is 42.6 Å². The van der Waals surface area contributed by atoms with Gasteiger partial charge in [-0.3, -0.25) is 4.79 Å². The summed E-state index contributed by atoms with van der Waals surface area (Å²) < 4.78 is 13.1. The van der Waals surface area contributed by atoms with Crippen LogP contribution in [0, 0.1) is 5.82 Å². The number of hydrogen-bond donors (Lipinski definition) is 1. The van der Waals surface area contributed by atoms with Crippen molar-refractivity contribution < 1.29 is 9.18 Å². The summed E-state index contributed by atoms with van der Waals surface area (Å²) in [5, 5.41) is 3.30. The van der Waals surface area contributed by atoms with Crippen molar-refractivity contribution in [1.29, 1.82) is 0 Å². The number of nitrogens with one attached hydrogen (secondary N) is 1. The standard InChI is InChI=1S/C20H25FN4O/c1-3-15(2)23-19-14-16(8-9-22-19)20(26)25-12-10-24(11-13-25)18-6-4-17(21)5-7-18/h4-9,14-15H,3,10-13H2,1-2H3,(H,22,23). The molecule has 0 bridgehead atoms. The minimum Gasteiger partial charge on any atom is -0.368 e. The van der Waals surface area contributed by atoms with E-state index in [1.807, 2.05) is 11.0 Å². The van der Waals surface area contributed by atoms with Crippen LogP contribution in [0.4, 0.5) is 15.9 Å². The van der Waals surface area contributed by atoms with Crippen LogP contribution in [0.5, 0.6) is 0 Å². The molecule has 3 rings (SSSR count). The predicted octanol–water partition coefficient (Wildman–Crippen LogP) is 3.39. The highest BCUT2D eigenvalue weighted by Crippen LogP contribution is 2.18. The summed E-state index contributed by atoms with van der Waals surface area (Å²) in [6, 6.07) is 10.4. The molecule has 1 N–H and O–H groups in total. The first-order valence-electron chi connectivity index (χ1n) is 9.09. The Morgan fingerprint density at radius 2 is 1.88 bits per heavy atom. The van der Waals surface area contributed by atoms with Crippen LogP contribution in [0.3, 0.4) is 0 Å². The third-order valence-corrected chi connectivity index (χ3v) is 4.77. The number of hydrogen-bond acceptors (Lipinski definition) is 4. The predicted molar refractivity (Wildman–Crippen MR) is 102 cm³/mol. The molecule has 2 aromatic rings. The second kappa shape index (κ2) is 8.17. The number of benzene rings is 1. The number of anilines is 2. The van der Waals surface area contributed by atoms with Crippen molar-refractivity contribution in [3.05, 3.63) is 54.0 Å².